The van der Waals surface area contributed by atoms with Crippen molar-refractivity contribution in [1.82, 2.24) is 4.90 Å². The zero-order valence-electron chi connectivity index (χ0n) is 20.6. The number of para-hydroxylation sites is 1. The van der Waals surface area contributed by atoms with Gasteiger partial charge in [0.1, 0.15) is 11.5 Å². The van der Waals surface area contributed by atoms with E-state index in [1.807, 2.05) is 42.5 Å². The minimum Gasteiger partial charge on any atom is -0.493 e. The van der Waals surface area contributed by atoms with E-state index in [0.29, 0.717) is 12.2 Å². The number of aliphatic hydroxyl groups is 1. The summed E-state index contributed by atoms with van der Waals surface area (Å²) >= 11 is 0. The molecule has 35 heavy (non-hydrogen) atoms. The number of carbonyl (C=O) groups excluding carboxylic acids is 1. The second kappa shape index (κ2) is 14.0. The minimum atomic E-state index is -1.34. The lowest BCUT2D eigenvalue weighted by Gasteiger charge is -2.34. The predicted octanol–water partition coefficient (Wildman–Crippen LogP) is 5.98. The van der Waals surface area contributed by atoms with Gasteiger partial charge in [-0.3, -0.25) is 9.59 Å². The average Bonchev–Trinajstić information content (AvgIpc) is 3.38. The van der Waals surface area contributed by atoms with Crippen LogP contribution in [-0.2, 0) is 11.3 Å². The highest BCUT2D eigenvalue weighted by molar-refractivity contribution is 5.95. The van der Waals surface area contributed by atoms with E-state index in [0.717, 1.165) is 35.3 Å². The van der Waals surface area contributed by atoms with Crippen molar-refractivity contribution in [1.29, 1.82) is 0 Å². The fraction of sp³-hybridized carbons (Fsp3) is 0.357. The Labute approximate surface area is 207 Å². The molecule has 0 fully saturated rings. The summed E-state index contributed by atoms with van der Waals surface area (Å²) in [5.41, 5.74) is 1.96. The largest absolute Gasteiger partial charge is 0.493 e. The van der Waals surface area contributed by atoms with Crippen LogP contribution < -0.4 is 4.74 Å². The second-order valence-corrected chi connectivity index (χ2v) is 8.60. The van der Waals surface area contributed by atoms with Gasteiger partial charge in [0.2, 0.25) is 0 Å². The van der Waals surface area contributed by atoms with Gasteiger partial charge >= 0.3 is 0 Å². The fourth-order valence-electron chi connectivity index (χ4n) is 3.56. The highest BCUT2D eigenvalue weighted by Gasteiger charge is 2.30. The third kappa shape index (κ3) is 8.61. The molecule has 1 heterocycles. The normalized spacial score (nSPS) is 10.7. The number of carbonyl (C=O) groups is 2. The van der Waals surface area contributed by atoms with Crippen molar-refractivity contribution in [3.63, 3.8) is 0 Å². The number of amides is 1. The van der Waals surface area contributed by atoms with E-state index in [2.05, 4.69) is 6.92 Å². The summed E-state index contributed by atoms with van der Waals surface area (Å²) in [5.74, 6) is 0.510. The second-order valence-electron chi connectivity index (χ2n) is 8.60. The van der Waals surface area contributed by atoms with Crippen molar-refractivity contribution in [2.24, 2.45) is 0 Å². The molecule has 0 aliphatic carbocycles. The maximum absolute atomic E-state index is 13.3. The number of furan rings is 1. The molecule has 2 aromatic carbocycles. The molecule has 1 aromatic heterocycles. The lowest BCUT2D eigenvalue weighted by Crippen LogP contribution is -2.47. The van der Waals surface area contributed by atoms with Crippen LogP contribution in [0.5, 0.6) is 5.75 Å². The first kappa shape index (κ1) is 27.7. The zero-order valence-corrected chi connectivity index (χ0v) is 20.6. The number of unbranched alkanes of at least 4 members (excludes halogenated alkanes) is 3. The van der Waals surface area contributed by atoms with Crippen molar-refractivity contribution >= 4 is 12.4 Å². The van der Waals surface area contributed by atoms with Gasteiger partial charge in [-0.05, 0) is 50.1 Å². The number of carboxylic acid groups (broad SMARTS) is 1. The summed E-state index contributed by atoms with van der Waals surface area (Å²) in [4.78, 5) is 23.2. The van der Waals surface area contributed by atoms with Crippen LogP contribution in [0.4, 0.5) is 0 Å². The van der Waals surface area contributed by atoms with Gasteiger partial charge in [0.05, 0.1) is 25.7 Å². The number of rotatable bonds is 11. The summed E-state index contributed by atoms with van der Waals surface area (Å²) in [6, 6.07) is 16.9. The highest BCUT2D eigenvalue weighted by Crippen LogP contribution is 2.26. The zero-order chi connectivity index (χ0) is 25.7. The number of benzene rings is 2. The van der Waals surface area contributed by atoms with Gasteiger partial charge in [-0.25, -0.2) is 0 Å². The molecule has 0 bridgehead atoms. The van der Waals surface area contributed by atoms with Gasteiger partial charge in [-0.15, -0.1) is 0 Å². The quantitative estimate of drug-likeness (QED) is 0.199. The van der Waals surface area contributed by atoms with Crippen molar-refractivity contribution < 1.29 is 29.0 Å². The van der Waals surface area contributed by atoms with E-state index >= 15 is 0 Å². The summed E-state index contributed by atoms with van der Waals surface area (Å²) in [6.45, 7) is 6.07. The molecule has 0 radical (unpaired) electrons. The smallest absolute Gasteiger partial charge is 0.290 e. The molecule has 2 N–H and O–H groups in total. The van der Waals surface area contributed by atoms with E-state index in [9.17, 15) is 9.90 Å². The van der Waals surface area contributed by atoms with Crippen LogP contribution in [0.1, 0.15) is 62.4 Å². The molecule has 0 aliphatic heterocycles. The van der Waals surface area contributed by atoms with E-state index in [4.69, 9.17) is 19.1 Å². The molecule has 7 nitrogen and oxygen atoms in total. The first-order chi connectivity index (χ1) is 16.8. The van der Waals surface area contributed by atoms with Gasteiger partial charge in [-0.1, -0.05) is 56.5 Å². The highest BCUT2D eigenvalue weighted by atomic mass is 16.5. The fourth-order valence-corrected chi connectivity index (χ4v) is 3.56. The monoisotopic (exact) mass is 481 g/mol. The standard InChI is InChI=1S/C27H33NO4.CH2O2/c1-4-5-6-9-17-32-25-11-8-7-10-23(25)19-28(27(2,3)30)26(29)22-14-12-21(13-15-22)24-16-18-31-20-24;2-1-3/h7-8,10-16,18,20,30H,4-6,9,17,19H2,1-3H3;1H,(H,2,3). The molecule has 7 heteroatoms. The Morgan fingerprint density at radius 3 is 2.31 bits per heavy atom. The van der Waals surface area contributed by atoms with E-state index < -0.39 is 5.72 Å². The van der Waals surface area contributed by atoms with Crippen LogP contribution in [0, 0.1) is 0 Å². The predicted molar refractivity (Wildman–Crippen MR) is 135 cm³/mol. The maximum Gasteiger partial charge on any atom is 0.290 e. The average molecular weight is 482 g/mol. The van der Waals surface area contributed by atoms with Crippen LogP contribution in [0.25, 0.3) is 11.1 Å². The SMILES string of the molecule is CCCCCCOc1ccccc1CN(C(=O)c1ccc(-c2ccoc2)cc1)C(C)(C)O.O=CO. The van der Waals surface area contributed by atoms with Gasteiger partial charge < -0.3 is 24.3 Å². The molecule has 0 aliphatic rings. The Hall–Kier alpha value is -3.58. The van der Waals surface area contributed by atoms with E-state index in [-0.39, 0.29) is 18.9 Å². The summed E-state index contributed by atoms with van der Waals surface area (Å²) in [7, 11) is 0. The third-order valence-corrected chi connectivity index (χ3v) is 5.45. The Balaban J connectivity index is 0.00000137. The number of hydrogen-bond donors (Lipinski definition) is 2. The summed E-state index contributed by atoms with van der Waals surface area (Å²) < 4.78 is 11.1. The molecule has 0 spiro atoms. The topological polar surface area (TPSA) is 100 Å². The summed E-state index contributed by atoms with van der Waals surface area (Å²) in [5, 5.41) is 17.7. The van der Waals surface area contributed by atoms with Gasteiger partial charge in [0.15, 0.2) is 0 Å². The van der Waals surface area contributed by atoms with Crippen LogP contribution in [-0.4, -0.2) is 39.8 Å². The Morgan fingerprint density at radius 2 is 1.71 bits per heavy atom. The van der Waals surface area contributed by atoms with E-state index in [1.54, 1.807) is 38.5 Å². The Bertz CT molecular complexity index is 1020. The lowest BCUT2D eigenvalue weighted by molar-refractivity contribution is -0.122. The van der Waals surface area contributed by atoms with Crippen molar-refractivity contribution in [3.05, 3.63) is 78.3 Å². The van der Waals surface area contributed by atoms with Crippen molar-refractivity contribution in [2.75, 3.05) is 6.61 Å². The first-order valence-corrected chi connectivity index (χ1v) is 11.8. The molecule has 1 amide bonds. The molecule has 0 atom stereocenters. The van der Waals surface area contributed by atoms with E-state index in [1.165, 1.54) is 17.7 Å². The molecule has 0 unspecified atom stereocenters. The lowest BCUT2D eigenvalue weighted by atomic mass is 10.0. The van der Waals surface area contributed by atoms with Crippen LogP contribution in [0.2, 0.25) is 0 Å². The molecular weight excluding hydrogens is 446 g/mol. The molecule has 3 rings (SSSR count). The van der Waals surface area contributed by atoms with Crippen molar-refractivity contribution in [3.8, 4) is 16.9 Å². The van der Waals surface area contributed by atoms with Gasteiger partial charge in [0.25, 0.3) is 12.4 Å². The van der Waals surface area contributed by atoms with Crippen LogP contribution >= 0.6 is 0 Å². The molecular formula is C28H35NO6. The summed E-state index contributed by atoms with van der Waals surface area (Å²) in [6.07, 6.45) is 7.81. The number of ether oxygens (including phenoxy) is 1. The maximum atomic E-state index is 13.3. The van der Waals surface area contributed by atoms with Crippen LogP contribution in [0.3, 0.4) is 0 Å². The number of nitrogens with zero attached hydrogens (tertiary/aromatic N) is 1. The molecule has 188 valence electrons. The Morgan fingerprint density at radius 1 is 1.03 bits per heavy atom. The molecule has 0 saturated heterocycles. The first-order valence-electron chi connectivity index (χ1n) is 11.8. The van der Waals surface area contributed by atoms with Crippen LogP contribution in [0.15, 0.2) is 71.5 Å². The van der Waals surface area contributed by atoms with Gasteiger partial charge in [0, 0.05) is 16.7 Å². The molecule has 3 aromatic rings. The van der Waals surface area contributed by atoms with Crippen molar-refractivity contribution in [2.45, 2.75) is 58.7 Å². The van der Waals surface area contributed by atoms with Gasteiger partial charge in [-0.2, -0.15) is 0 Å². The Kier molecular flexibility index (Phi) is 11.0. The third-order valence-electron chi connectivity index (χ3n) is 5.45. The minimum absolute atomic E-state index is 0.242. The number of hydrogen-bond acceptors (Lipinski definition) is 5. The molecule has 0 saturated carbocycles.